The number of aromatic nitrogens is 1. The minimum absolute atomic E-state index is 0.0423. The van der Waals surface area contributed by atoms with E-state index in [1.54, 1.807) is 11.3 Å². The van der Waals surface area contributed by atoms with Gasteiger partial charge in [-0.2, -0.15) is 5.26 Å². The molecule has 5 rings (SSSR count). The van der Waals surface area contributed by atoms with Crippen LogP contribution in [-0.2, 0) is 6.42 Å². The summed E-state index contributed by atoms with van der Waals surface area (Å²) in [6.45, 7) is 3.86. The van der Waals surface area contributed by atoms with Gasteiger partial charge < -0.3 is 15.5 Å². The molecule has 1 aliphatic heterocycles. The van der Waals surface area contributed by atoms with Crippen LogP contribution in [0.25, 0.3) is 10.2 Å². The summed E-state index contributed by atoms with van der Waals surface area (Å²) in [6, 6.07) is 13.6. The number of fused-ring (bicyclic) bond motifs is 2. The van der Waals surface area contributed by atoms with Gasteiger partial charge in [-0.3, -0.25) is 4.79 Å². The second kappa shape index (κ2) is 7.47. The quantitative estimate of drug-likeness (QED) is 0.703. The Bertz CT molecular complexity index is 1130. The number of piperazine rings is 1. The number of carbonyl (C=O) groups is 1. The maximum absolute atomic E-state index is 12.9. The lowest BCUT2D eigenvalue weighted by atomic mass is 10.0. The molecule has 0 saturated carbocycles. The number of carbonyl (C=O) groups excluding carboxylic acids is 1. The fourth-order valence-electron chi connectivity index (χ4n) is 4.11. The molecule has 1 aromatic heterocycles. The van der Waals surface area contributed by atoms with Gasteiger partial charge in [-0.1, -0.05) is 17.4 Å². The van der Waals surface area contributed by atoms with Gasteiger partial charge in [0.15, 0.2) is 5.13 Å². The highest BCUT2D eigenvalue weighted by molar-refractivity contribution is 7.22. The Morgan fingerprint density at radius 1 is 1.24 bits per heavy atom. The van der Waals surface area contributed by atoms with Gasteiger partial charge in [-0.15, -0.1) is 0 Å². The minimum Gasteiger partial charge on any atom is -0.346 e. The third-order valence-corrected chi connectivity index (χ3v) is 6.76. The van der Waals surface area contributed by atoms with Crippen molar-refractivity contribution in [1.82, 2.24) is 15.6 Å². The Morgan fingerprint density at radius 3 is 2.93 bits per heavy atom. The molecule has 7 heteroatoms. The first-order valence-electron chi connectivity index (χ1n) is 9.91. The number of nitrogens with one attached hydrogen (secondary N) is 2. The van der Waals surface area contributed by atoms with Crippen LogP contribution in [0.3, 0.4) is 0 Å². The van der Waals surface area contributed by atoms with E-state index < -0.39 is 0 Å². The van der Waals surface area contributed by atoms with Crippen LogP contribution >= 0.6 is 11.3 Å². The summed E-state index contributed by atoms with van der Waals surface area (Å²) < 4.78 is 1.03. The zero-order chi connectivity index (χ0) is 19.8. The predicted molar refractivity (Wildman–Crippen MR) is 114 cm³/mol. The number of thiazole rings is 1. The van der Waals surface area contributed by atoms with Gasteiger partial charge in [0.25, 0.3) is 5.91 Å². The molecule has 1 saturated heterocycles. The maximum Gasteiger partial charge on any atom is 0.251 e. The Morgan fingerprint density at radius 2 is 2.10 bits per heavy atom. The molecule has 2 heterocycles. The standard InChI is InChI=1S/C22H21N5OS/c23-13-14-1-2-15-3-5-18(17(15)11-14)25-21(28)16-4-6-19-20(12-16)29-22(26-19)27-9-7-24-8-10-27/h1-2,4,6,11-12,18,24H,3,5,7-10H2,(H,25,28). The lowest BCUT2D eigenvalue weighted by molar-refractivity contribution is 0.0937. The van der Waals surface area contributed by atoms with E-state index in [1.165, 1.54) is 5.56 Å². The van der Waals surface area contributed by atoms with Gasteiger partial charge in [0.05, 0.1) is 27.9 Å². The van der Waals surface area contributed by atoms with Crippen LogP contribution in [0, 0.1) is 11.3 Å². The molecule has 1 atom stereocenters. The molecule has 0 radical (unpaired) electrons. The van der Waals surface area contributed by atoms with E-state index in [9.17, 15) is 4.79 Å². The Kier molecular flexibility index (Phi) is 4.66. The topological polar surface area (TPSA) is 81.0 Å². The number of aryl methyl sites for hydroxylation is 1. The fourth-order valence-corrected chi connectivity index (χ4v) is 5.16. The fraction of sp³-hybridized carbons (Fsp3) is 0.318. The zero-order valence-corrected chi connectivity index (χ0v) is 16.8. The van der Waals surface area contributed by atoms with Crippen molar-refractivity contribution in [2.24, 2.45) is 0 Å². The summed E-state index contributed by atoms with van der Waals surface area (Å²) in [5.74, 6) is -0.0794. The first kappa shape index (κ1) is 18.1. The highest BCUT2D eigenvalue weighted by atomic mass is 32.1. The Labute approximate surface area is 173 Å². The number of hydrogen-bond acceptors (Lipinski definition) is 6. The summed E-state index contributed by atoms with van der Waals surface area (Å²) in [6.07, 6.45) is 1.79. The molecule has 1 amide bonds. The van der Waals surface area contributed by atoms with Crippen LogP contribution in [0.15, 0.2) is 36.4 Å². The molecule has 3 aromatic rings. The zero-order valence-electron chi connectivity index (χ0n) is 15.9. The first-order chi connectivity index (χ1) is 14.2. The van der Waals surface area contributed by atoms with Crippen molar-refractivity contribution in [2.75, 3.05) is 31.1 Å². The minimum atomic E-state index is -0.0794. The summed E-state index contributed by atoms with van der Waals surface area (Å²) in [4.78, 5) is 19.9. The SMILES string of the molecule is N#Cc1ccc2c(c1)C(NC(=O)c1ccc3nc(N4CCNCC4)sc3c1)CC2. The normalized spacial score (nSPS) is 18.4. The van der Waals surface area contributed by atoms with Gasteiger partial charge in [-0.25, -0.2) is 4.98 Å². The second-order valence-electron chi connectivity index (χ2n) is 7.51. The van der Waals surface area contributed by atoms with Crippen molar-refractivity contribution in [3.05, 3.63) is 58.7 Å². The molecule has 1 aliphatic carbocycles. The molecule has 0 bridgehead atoms. The van der Waals surface area contributed by atoms with Crippen LogP contribution in [0.5, 0.6) is 0 Å². The lowest BCUT2D eigenvalue weighted by Crippen LogP contribution is -2.43. The Hall–Kier alpha value is -2.95. The van der Waals surface area contributed by atoms with E-state index in [4.69, 9.17) is 10.2 Å². The first-order valence-corrected chi connectivity index (χ1v) is 10.7. The number of nitrogens with zero attached hydrogens (tertiary/aromatic N) is 3. The molecule has 1 fully saturated rings. The average molecular weight is 404 g/mol. The van der Waals surface area contributed by atoms with E-state index in [2.05, 4.69) is 21.6 Å². The molecule has 29 heavy (non-hydrogen) atoms. The van der Waals surface area contributed by atoms with Crippen LogP contribution in [0.4, 0.5) is 5.13 Å². The number of nitriles is 1. The van der Waals surface area contributed by atoms with Crippen molar-refractivity contribution in [3.63, 3.8) is 0 Å². The average Bonchev–Trinajstić information content (AvgIpc) is 3.37. The van der Waals surface area contributed by atoms with Gasteiger partial charge in [-0.05, 0) is 54.3 Å². The summed E-state index contributed by atoms with van der Waals surface area (Å²) in [5.41, 5.74) is 4.50. The largest absolute Gasteiger partial charge is 0.346 e. The van der Waals surface area contributed by atoms with Crippen LogP contribution in [-0.4, -0.2) is 37.1 Å². The van der Waals surface area contributed by atoms with E-state index in [-0.39, 0.29) is 11.9 Å². The van der Waals surface area contributed by atoms with Crippen molar-refractivity contribution in [3.8, 4) is 6.07 Å². The Balaban J connectivity index is 1.36. The summed E-state index contributed by atoms with van der Waals surface area (Å²) in [7, 11) is 0. The van der Waals surface area contributed by atoms with Crippen molar-refractivity contribution >= 4 is 32.6 Å². The molecule has 1 unspecified atom stereocenters. The molecule has 2 aromatic carbocycles. The highest BCUT2D eigenvalue weighted by Crippen LogP contribution is 2.33. The maximum atomic E-state index is 12.9. The van der Waals surface area contributed by atoms with Gasteiger partial charge in [0.1, 0.15) is 0 Å². The summed E-state index contributed by atoms with van der Waals surface area (Å²) in [5, 5.41) is 16.7. The lowest BCUT2D eigenvalue weighted by Gasteiger charge is -2.26. The predicted octanol–water partition coefficient (Wildman–Crippen LogP) is 2.99. The van der Waals surface area contributed by atoms with Crippen LogP contribution < -0.4 is 15.5 Å². The van der Waals surface area contributed by atoms with E-state index >= 15 is 0 Å². The van der Waals surface area contributed by atoms with Gasteiger partial charge in [0, 0.05) is 31.7 Å². The number of anilines is 1. The number of rotatable bonds is 3. The molecular weight excluding hydrogens is 382 g/mol. The molecule has 2 N–H and O–H groups in total. The number of amides is 1. The number of benzene rings is 2. The third kappa shape index (κ3) is 3.46. The van der Waals surface area contributed by atoms with Crippen molar-refractivity contribution < 1.29 is 4.79 Å². The number of hydrogen-bond donors (Lipinski definition) is 2. The highest BCUT2D eigenvalue weighted by Gasteiger charge is 2.25. The molecule has 2 aliphatic rings. The van der Waals surface area contributed by atoms with E-state index in [1.807, 2.05) is 36.4 Å². The third-order valence-electron chi connectivity index (χ3n) is 5.68. The molecule has 0 spiro atoms. The summed E-state index contributed by atoms with van der Waals surface area (Å²) >= 11 is 1.64. The van der Waals surface area contributed by atoms with Crippen molar-refractivity contribution in [1.29, 1.82) is 5.26 Å². The molecule has 6 nitrogen and oxygen atoms in total. The second-order valence-corrected chi connectivity index (χ2v) is 8.52. The van der Waals surface area contributed by atoms with E-state index in [0.717, 1.165) is 59.9 Å². The van der Waals surface area contributed by atoms with Crippen LogP contribution in [0.2, 0.25) is 0 Å². The smallest absolute Gasteiger partial charge is 0.251 e. The van der Waals surface area contributed by atoms with Crippen LogP contribution in [0.1, 0.15) is 39.5 Å². The van der Waals surface area contributed by atoms with E-state index in [0.29, 0.717) is 11.1 Å². The van der Waals surface area contributed by atoms with Gasteiger partial charge in [0.2, 0.25) is 0 Å². The van der Waals surface area contributed by atoms with Gasteiger partial charge >= 0.3 is 0 Å². The molecular formula is C22H21N5OS. The van der Waals surface area contributed by atoms with Crippen molar-refractivity contribution in [2.45, 2.75) is 18.9 Å². The molecule has 146 valence electrons. The monoisotopic (exact) mass is 403 g/mol.